The molecule has 7 heteroatoms. The summed E-state index contributed by atoms with van der Waals surface area (Å²) in [5, 5.41) is 4.95. The maximum Gasteiger partial charge on any atom is 0.262 e. The van der Waals surface area contributed by atoms with Gasteiger partial charge in [-0.3, -0.25) is 4.79 Å². The van der Waals surface area contributed by atoms with Crippen molar-refractivity contribution in [2.24, 2.45) is 0 Å². The van der Waals surface area contributed by atoms with Crippen molar-refractivity contribution in [2.45, 2.75) is 25.3 Å². The number of ether oxygens (including phenoxy) is 2. The summed E-state index contributed by atoms with van der Waals surface area (Å²) in [4.78, 5) is 20.1. The summed E-state index contributed by atoms with van der Waals surface area (Å²) in [6, 6.07) is 6.00. The Balaban J connectivity index is 1.72. The molecule has 2 aromatic heterocycles. The van der Waals surface area contributed by atoms with Gasteiger partial charge in [0.05, 0.1) is 19.3 Å². The second kappa shape index (κ2) is 7.36. The highest BCUT2D eigenvalue weighted by molar-refractivity contribution is 5.73. The lowest BCUT2D eigenvalue weighted by Crippen LogP contribution is -2.21. The van der Waals surface area contributed by atoms with Gasteiger partial charge in [-0.2, -0.15) is 5.10 Å². The maximum atomic E-state index is 12.5. The minimum absolute atomic E-state index is 0.165. The molecule has 0 spiro atoms. The van der Waals surface area contributed by atoms with E-state index in [-0.39, 0.29) is 11.6 Å². The molecule has 27 heavy (non-hydrogen) atoms. The van der Waals surface area contributed by atoms with Gasteiger partial charge in [-0.05, 0) is 36.1 Å². The number of nitrogens with zero attached hydrogens (tertiary/aromatic N) is 3. The van der Waals surface area contributed by atoms with E-state index < -0.39 is 0 Å². The van der Waals surface area contributed by atoms with Crippen LogP contribution in [0.25, 0.3) is 17.1 Å². The van der Waals surface area contributed by atoms with Crippen molar-refractivity contribution in [2.75, 3.05) is 20.3 Å². The molecule has 0 aliphatic carbocycles. The fourth-order valence-electron chi connectivity index (χ4n) is 3.49. The Morgan fingerprint density at radius 2 is 2.22 bits per heavy atom. The van der Waals surface area contributed by atoms with Crippen molar-refractivity contribution >= 4 is 17.1 Å². The number of rotatable bonds is 5. The van der Waals surface area contributed by atoms with Crippen LogP contribution in [0.15, 0.2) is 35.8 Å². The normalized spacial score (nSPS) is 15.1. The van der Waals surface area contributed by atoms with Gasteiger partial charge >= 0.3 is 0 Å². The van der Waals surface area contributed by atoms with E-state index in [2.05, 4.69) is 16.7 Å². The second-order valence-electron chi connectivity index (χ2n) is 6.63. The minimum Gasteiger partial charge on any atom is -0.497 e. The topological polar surface area (TPSA) is 82.0 Å². The van der Waals surface area contributed by atoms with Gasteiger partial charge in [0.2, 0.25) is 0 Å². The largest absolute Gasteiger partial charge is 0.497 e. The van der Waals surface area contributed by atoms with Crippen LogP contribution in [-0.4, -0.2) is 40.1 Å². The first kappa shape index (κ1) is 17.5. The highest BCUT2D eigenvalue weighted by Crippen LogP contribution is 2.24. The van der Waals surface area contributed by atoms with E-state index in [4.69, 9.17) is 14.5 Å². The van der Waals surface area contributed by atoms with Gasteiger partial charge in [0.25, 0.3) is 5.56 Å². The van der Waals surface area contributed by atoms with Gasteiger partial charge < -0.3 is 14.5 Å². The number of aromatic amines is 1. The van der Waals surface area contributed by atoms with Crippen LogP contribution in [0.3, 0.4) is 0 Å². The second-order valence-corrected chi connectivity index (χ2v) is 6.63. The van der Waals surface area contributed by atoms with E-state index in [1.54, 1.807) is 19.4 Å². The molecule has 1 aliphatic rings. The van der Waals surface area contributed by atoms with Gasteiger partial charge in [0.15, 0.2) is 5.65 Å². The van der Waals surface area contributed by atoms with E-state index in [9.17, 15) is 4.79 Å². The van der Waals surface area contributed by atoms with Gasteiger partial charge in [-0.15, -0.1) is 0 Å². The standard InChI is InChI=1S/C20H22N4O3/c1-3-13-10-16(26-2)5-4-14(13)11-18-22-19-17(20(25)23-18)12-21-24(19)15-6-8-27-9-7-15/h3-5,10,12,15H,1,6-9,11H2,2H3,(H,22,23,25). The summed E-state index contributed by atoms with van der Waals surface area (Å²) in [5.41, 5.74) is 2.44. The molecule has 0 bridgehead atoms. The third-order valence-electron chi connectivity index (χ3n) is 4.98. The molecule has 0 unspecified atom stereocenters. The number of nitrogens with one attached hydrogen (secondary N) is 1. The number of aromatic nitrogens is 4. The lowest BCUT2D eigenvalue weighted by atomic mass is 10.0. The number of H-pyrrole nitrogens is 1. The predicted molar refractivity (Wildman–Crippen MR) is 103 cm³/mol. The van der Waals surface area contributed by atoms with Gasteiger partial charge in [0.1, 0.15) is 17.0 Å². The van der Waals surface area contributed by atoms with Crippen LogP contribution in [0.1, 0.15) is 35.8 Å². The van der Waals surface area contributed by atoms with Crippen molar-refractivity contribution in [3.8, 4) is 5.75 Å². The molecular weight excluding hydrogens is 344 g/mol. The zero-order valence-corrected chi connectivity index (χ0v) is 15.3. The molecule has 1 aromatic carbocycles. The van der Waals surface area contributed by atoms with Crippen LogP contribution < -0.4 is 10.3 Å². The number of methoxy groups -OCH3 is 1. The van der Waals surface area contributed by atoms with Crippen molar-refractivity contribution in [1.82, 2.24) is 19.7 Å². The SMILES string of the molecule is C=Cc1cc(OC)ccc1Cc1nc2c(cnn2C2CCOCC2)c(=O)[nH]1. The fraction of sp³-hybridized carbons (Fsp3) is 0.350. The molecule has 0 atom stereocenters. The van der Waals surface area contributed by atoms with E-state index in [1.165, 1.54) is 0 Å². The zero-order valence-electron chi connectivity index (χ0n) is 15.3. The summed E-state index contributed by atoms with van der Waals surface area (Å²) in [6.45, 7) is 5.28. The Morgan fingerprint density at radius 3 is 2.96 bits per heavy atom. The number of hydrogen-bond donors (Lipinski definition) is 1. The smallest absolute Gasteiger partial charge is 0.262 e. The van der Waals surface area contributed by atoms with E-state index >= 15 is 0 Å². The summed E-state index contributed by atoms with van der Waals surface area (Å²) >= 11 is 0. The van der Waals surface area contributed by atoms with Crippen LogP contribution in [0, 0.1) is 0 Å². The van der Waals surface area contributed by atoms with E-state index in [0.29, 0.717) is 36.5 Å². The quantitative estimate of drug-likeness (QED) is 0.751. The highest BCUT2D eigenvalue weighted by atomic mass is 16.5. The van der Waals surface area contributed by atoms with Crippen LogP contribution >= 0.6 is 0 Å². The fourth-order valence-corrected chi connectivity index (χ4v) is 3.49. The molecule has 1 N–H and O–H groups in total. The van der Waals surface area contributed by atoms with E-state index in [0.717, 1.165) is 29.7 Å². The van der Waals surface area contributed by atoms with Gasteiger partial charge in [-0.1, -0.05) is 18.7 Å². The molecule has 3 heterocycles. The molecule has 4 rings (SSSR count). The van der Waals surface area contributed by atoms with Crippen LogP contribution in [-0.2, 0) is 11.2 Å². The zero-order chi connectivity index (χ0) is 18.8. The van der Waals surface area contributed by atoms with Gasteiger partial charge in [-0.25, -0.2) is 9.67 Å². The van der Waals surface area contributed by atoms with Crippen LogP contribution in [0.5, 0.6) is 5.75 Å². The molecule has 1 fully saturated rings. The lowest BCUT2D eigenvalue weighted by molar-refractivity contribution is 0.0673. The van der Waals surface area contributed by atoms with Crippen molar-refractivity contribution < 1.29 is 9.47 Å². The Morgan fingerprint density at radius 1 is 1.41 bits per heavy atom. The maximum absolute atomic E-state index is 12.5. The molecule has 1 saturated heterocycles. The number of fused-ring (bicyclic) bond motifs is 1. The first-order valence-corrected chi connectivity index (χ1v) is 9.03. The summed E-state index contributed by atoms with van der Waals surface area (Å²) in [7, 11) is 1.63. The Bertz CT molecular complexity index is 1030. The number of hydrogen-bond acceptors (Lipinski definition) is 5. The third kappa shape index (κ3) is 3.38. The molecule has 7 nitrogen and oxygen atoms in total. The highest BCUT2D eigenvalue weighted by Gasteiger charge is 2.20. The predicted octanol–water partition coefficient (Wildman–Crippen LogP) is 2.71. The summed E-state index contributed by atoms with van der Waals surface area (Å²) < 4.78 is 12.6. The average Bonchev–Trinajstić information content (AvgIpc) is 3.13. The first-order chi connectivity index (χ1) is 13.2. The molecular formula is C20H22N4O3. The van der Waals surface area contributed by atoms with Crippen LogP contribution in [0.4, 0.5) is 0 Å². The van der Waals surface area contributed by atoms with Crippen molar-refractivity contribution in [3.05, 3.63) is 58.3 Å². The molecule has 0 saturated carbocycles. The summed E-state index contributed by atoms with van der Waals surface area (Å²) in [5.74, 6) is 1.37. The van der Waals surface area contributed by atoms with Crippen molar-refractivity contribution in [1.29, 1.82) is 0 Å². The Hall–Kier alpha value is -2.93. The molecule has 0 radical (unpaired) electrons. The van der Waals surface area contributed by atoms with E-state index in [1.807, 2.05) is 22.9 Å². The minimum atomic E-state index is -0.165. The molecule has 140 valence electrons. The lowest BCUT2D eigenvalue weighted by Gasteiger charge is -2.22. The van der Waals surface area contributed by atoms with Gasteiger partial charge in [0, 0.05) is 19.6 Å². The monoisotopic (exact) mass is 366 g/mol. The molecule has 1 aliphatic heterocycles. The van der Waals surface area contributed by atoms with Crippen molar-refractivity contribution in [3.63, 3.8) is 0 Å². The summed E-state index contributed by atoms with van der Waals surface area (Å²) in [6.07, 6.45) is 5.62. The Labute approximate surface area is 156 Å². The van der Waals surface area contributed by atoms with Crippen LogP contribution in [0.2, 0.25) is 0 Å². The molecule has 3 aromatic rings. The number of benzene rings is 1. The average molecular weight is 366 g/mol. The molecule has 0 amide bonds. The third-order valence-corrected chi connectivity index (χ3v) is 4.98. The first-order valence-electron chi connectivity index (χ1n) is 9.03. The Kier molecular flexibility index (Phi) is 4.77.